The van der Waals surface area contributed by atoms with Crippen LogP contribution in [-0.2, 0) is 6.54 Å². The van der Waals surface area contributed by atoms with E-state index < -0.39 is 0 Å². The fraction of sp³-hybridized carbons (Fsp3) is 0.417. The smallest absolute Gasteiger partial charge is 0.150 e. The molecule has 0 unspecified atom stereocenters. The van der Waals surface area contributed by atoms with Crippen LogP contribution in [0.1, 0.15) is 29.8 Å². The van der Waals surface area contributed by atoms with Crippen molar-refractivity contribution in [2.75, 3.05) is 14.1 Å². The maximum Gasteiger partial charge on any atom is 0.150 e. The minimum atomic E-state index is 0.784. The van der Waals surface area contributed by atoms with E-state index in [-0.39, 0.29) is 0 Å². The number of nitrogens with zero attached hydrogens (tertiary/aromatic N) is 1. The zero-order chi connectivity index (χ0) is 11.0. The molecule has 0 atom stereocenters. The predicted octanol–water partition coefficient (Wildman–Crippen LogP) is 2.59. The van der Waals surface area contributed by atoms with E-state index in [0.717, 1.165) is 24.0 Å². The van der Waals surface area contributed by atoms with Crippen LogP contribution in [0, 0.1) is 0 Å². The molecule has 0 N–H and O–H groups in total. The Morgan fingerprint density at radius 2 is 1.79 bits per heavy atom. The third-order valence-electron chi connectivity index (χ3n) is 1.67. The zero-order valence-corrected chi connectivity index (χ0v) is 9.45. The van der Waals surface area contributed by atoms with Crippen molar-refractivity contribution in [3.8, 4) is 0 Å². The van der Waals surface area contributed by atoms with Gasteiger partial charge in [-0.1, -0.05) is 38.1 Å². The number of carbonyl (C=O) groups is 1. The van der Waals surface area contributed by atoms with Crippen LogP contribution in [0.4, 0.5) is 0 Å². The second-order valence-corrected chi connectivity index (χ2v) is 3.05. The van der Waals surface area contributed by atoms with Crippen LogP contribution in [-0.4, -0.2) is 25.3 Å². The summed E-state index contributed by atoms with van der Waals surface area (Å²) in [7, 11) is 3.98. The summed E-state index contributed by atoms with van der Waals surface area (Å²) in [5.74, 6) is 0. The van der Waals surface area contributed by atoms with Gasteiger partial charge in [0.05, 0.1) is 0 Å². The van der Waals surface area contributed by atoms with Crippen molar-refractivity contribution in [1.29, 1.82) is 0 Å². The van der Waals surface area contributed by atoms with Crippen molar-refractivity contribution in [3.05, 3.63) is 35.4 Å². The minimum Gasteiger partial charge on any atom is -0.305 e. The molecule has 0 radical (unpaired) electrons. The molecule has 0 heterocycles. The Labute approximate surface area is 86.5 Å². The molecule has 0 aliphatic heterocycles. The maximum absolute atomic E-state index is 10.6. The molecule has 1 rings (SSSR count). The second kappa shape index (κ2) is 7.27. The summed E-state index contributed by atoms with van der Waals surface area (Å²) in [6, 6.07) is 7.64. The van der Waals surface area contributed by atoms with E-state index >= 15 is 0 Å². The second-order valence-electron chi connectivity index (χ2n) is 3.05. The van der Waals surface area contributed by atoms with Crippen LogP contribution in [0.25, 0.3) is 0 Å². The largest absolute Gasteiger partial charge is 0.305 e. The zero-order valence-electron chi connectivity index (χ0n) is 9.45. The van der Waals surface area contributed by atoms with E-state index in [4.69, 9.17) is 0 Å². The summed E-state index contributed by atoms with van der Waals surface area (Å²) in [5, 5.41) is 0. The van der Waals surface area contributed by atoms with Gasteiger partial charge < -0.3 is 4.90 Å². The van der Waals surface area contributed by atoms with Crippen molar-refractivity contribution in [1.82, 2.24) is 4.90 Å². The SMILES string of the molecule is CC.CN(C)Cc1ccccc1C=O. The minimum absolute atomic E-state index is 0.784. The normalized spacial score (nSPS) is 9.21. The number of aldehydes is 1. The van der Waals surface area contributed by atoms with Gasteiger partial charge in [-0.3, -0.25) is 4.79 Å². The molecule has 0 aromatic heterocycles. The summed E-state index contributed by atoms with van der Waals surface area (Å²) in [6.45, 7) is 4.81. The standard InChI is InChI=1S/C10H13NO.C2H6/c1-11(2)7-9-5-3-4-6-10(9)8-12;1-2/h3-6,8H,7H2,1-2H3;1-2H3. The van der Waals surface area contributed by atoms with Crippen molar-refractivity contribution in [2.45, 2.75) is 20.4 Å². The van der Waals surface area contributed by atoms with E-state index in [0.29, 0.717) is 0 Å². The quantitative estimate of drug-likeness (QED) is 0.688. The van der Waals surface area contributed by atoms with Crippen molar-refractivity contribution < 1.29 is 4.79 Å². The molecule has 14 heavy (non-hydrogen) atoms. The molecule has 0 saturated heterocycles. The average Bonchev–Trinajstić information content (AvgIpc) is 2.21. The molecular formula is C12H19NO. The van der Waals surface area contributed by atoms with Crippen LogP contribution in [0.5, 0.6) is 0 Å². The fourth-order valence-electron chi connectivity index (χ4n) is 1.13. The summed E-state index contributed by atoms with van der Waals surface area (Å²) >= 11 is 0. The highest BCUT2D eigenvalue weighted by atomic mass is 16.1. The predicted molar refractivity (Wildman–Crippen MR) is 60.6 cm³/mol. The fourth-order valence-corrected chi connectivity index (χ4v) is 1.13. The molecule has 1 aromatic carbocycles. The summed E-state index contributed by atoms with van der Waals surface area (Å²) in [6.07, 6.45) is 0.902. The summed E-state index contributed by atoms with van der Waals surface area (Å²) in [4.78, 5) is 12.6. The highest BCUT2D eigenvalue weighted by molar-refractivity contribution is 5.77. The Kier molecular flexibility index (Phi) is 6.68. The molecule has 0 spiro atoms. The molecular weight excluding hydrogens is 174 g/mol. The van der Waals surface area contributed by atoms with Crippen LogP contribution < -0.4 is 0 Å². The van der Waals surface area contributed by atoms with Gasteiger partial charge in [-0.25, -0.2) is 0 Å². The lowest BCUT2D eigenvalue weighted by Crippen LogP contribution is -2.12. The number of carbonyl (C=O) groups excluding carboxylic acids is 1. The Balaban J connectivity index is 0.000000791. The Hall–Kier alpha value is -1.15. The third kappa shape index (κ3) is 4.19. The van der Waals surface area contributed by atoms with Gasteiger partial charge in [-0.15, -0.1) is 0 Å². The molecule has 2 nitrogen and oxygen atoms in total. The van der Waals surface area contributed by atoms with Crippen LogP contribution in [0.2, 0.25) is 0 Å². The lowest BCUT2D eigenvalue weighted by atomic mass is 10.1. The molecule has 78 valence electrons. The molecule has 1 aromatic rings. The van der Waals surface area contributed by atoms with E-state index in [1.54, 1.807) is 0 Å². The van der Waals surface area contributed by atoms with Gasteiger partial charge in [-0.2, -0.15) is 0 Å². The van der Waals surface area contributed by atoms with Crippen LogP contribution >= 0.6 is 0 Å². The first kappa shape index (κ1) is 12.8. The van der Waals surface area contributed by atoms with Crippen molar-refractivity contribution in [2.24, 2.45) is 0 Å². The van der Waals surface area contributed by atoms with Crippen molar-refractivity contribution >= 4 is 6.29 Å². The third-order valence-corrected chi connectivity index (χ3v) is 1.67. The first-order valence-corrected chi connectivity index (χ1v) is 4.92. The molecule has 0 saturated carbocycles. The average molecular weight is 193 g/mol. The lowest BCUT2D eigenvalue weighted by molar-refractivity contribution is 0.112. The highest BCUT2D eigenvalue weighted by Gasteiger charge is 2.00. The number of rotatable bonds is 3. The van der Waals surface area contributed by atoms with E-state index in [1.807, 2.05) is 57.1 Å². The number of hydrogen-bond donors (Lipinski definition) is 0. The van der Waals surface area contributed by atoms with Crippen LogP contribution in [0.15, 0.2) is 24.3 Å². The Bertz CT molecular complexity index is 269. The number of benzene rings is 1. The molecule has 0 aliphatic carbocycles. The monoisotopic (exact) mass is 193 g/mol. The Morgan fingerprint density at radius 3 is 2.29 bits per heavy atom. The maximum atomic E-state index is 10.6. The first-order valence-electron chi connectivity index (χ1n) is 4.92. The van der Waals surface area contributed by atoms with Crippen molar-refractivity contribution in [3.63, 3.8) is 0 Å². The van der Waals surface area contributed by atoms with Gasteiger partial charge in [0.25, 0.3) is 0 Å². The molecule has 0 bridgehead atoms. The van der Waals surface area contributed by atoms with Gasteiger partial charge >= 0.3 is 0 Å². The topological polar surface area (TPSA) is 20.3 Å². The van der Waals surface area contributed by atoms with Crippen LogP contribution in [0.3, 0.4) is 0 Å². The Morgan fingerprint density at radius 1 is 1.21 bits per heavy atom. The lowest BCUT2D eigenvalue weighted by Gasteiger charge is -2.10. The summed E-state index contributed by atoms with van der Waals surface area (Å²) in [5.41, 5.74) is 1.86. The van der Waals surface area contributed by atoms with Gasteiger partial charge in [0.1, 0.15) is 6.29 Å². The van der Waals surface area contributed by atoms with E-state index in [9.17, 15) is 4.79 Å². The number of hydrogen-bond acceptors (Lipinski definition) is 2. The highest BCUT2D eigenvalue weighted by Crippen LogP contribution is 2.07. The van der Waals surface area contributed by atoms with Gasteiger partial charge in [0, 0.05) is 12.1 Å². The molecule has 0 fully saturated rings. The van der Waals surface area contributed by atoms with Gasteiger partial charge in [0.2, 0.25) is 0 Å². The van der Waals surface area contributed by atoms with Gasteiger partial charge in [0.15, 0.2) is 0 Å². The molecule has 0 amide bonds. The molecule has 0 aliphatic rings. The van der Waals surface area contributed by atoms with E-state index in [2.05, 4.69) is 0 Å². The first-order chi connectivity index (χ1) is 6.74. The molecule has 2 heteroatoms. The summed E-state index contributed by atoms with van der Waals surface area (Å²) < 4.78 is 0. The van der Waals surface area contributed by atoms with E-state index in [1.165, 1.54) is 0 Å². The van der Waals surface area contributed by atoms with Gasteiger partial charge in [-0.05, 0) is 19.7 Å².